The Morgan fingerprint density at radius 1 is 0.806 bits per heavy atom. The lowest BCUT2D eigenvalue weighted by molar-refractivity contribution is -0.246. The van der Waals surface area contributed by atoms with Gasteiger partial charge >= 0.3 is 11.9 Å². The first kappa shape index (κ1) is 25.5. The van der Waals surface area contributed by atoms with Gasteiger partial charge in [0.1, 0.15) is 6.10 Å². The van der Waals surface area contributed by atoms with Gasteiger partial charge in [-0.1, -0.05) is 54.1 Å². The average molecular weight is 513 g/mol. The van der Waals surface area contributed by atoms with Crippen molar-refractivity contribution >= 4 is 22.1 Å². The molecule has 1 aliphatic rings. The standard InChI is InChI=1S/C26H24O9S/c1-17-12-14-20(15-13-17)36(30,31)35-21-16-32-26(29)23(34-25(28)19-10-6-3-7-11-19)22(21)33-24(27)18-8-4-2-5-9-18/h2-15,21-23,26,29H,16H2,1H3/t21-,22+,23+,26-/m0/s1. The molecule has 0 saturated carbocycles. The Morgan fingerprint density at radius 2 is 1.31 bits per heavy atom. The molecule has 0 unspecified atom stereocenters. The van der Waals surface area contributed by atoms with Crippen molar-refractivity contribution in [1.29, 1.82) is 0 Å². The van der Waals surface area contributed by atoms with E-state index in [0.29, 0.717) is 0 Å². The second kappa shape index (κ2) is 11.0. The molecule has 0 radical (unpaired) electrons. The summed E-state index contributed by atoms with van der Waals surface area (Å²) in [5, 5.41) is 10.5. The fourth-order valence-electron chi connectivity index (χ4n) is 3.56. The van der Waals surface area contributed by atoms with Crippen molar-refractivity contribution < 1.29 is 41.5 Å². The highest BCUT2D eigenvalue weighted by Crippen LogP contribution is 2.27. The van der Waals surface area contributed by atoms with Crippen molar-refractivity contribution in [1.82, 2.24) is 0 Å². The van der Waals surface area contributed by atoms with Gasteiger partial charge in [0.25, 0.3) is 10.1 Å². The largest absolute Gasteiger partial charge is 0.452 e. The second-order valence-corrected chi connectivity index (χ2v) is 9.67. The van der Waals surface area contributed by atoms with Gasteiger partial charge in [-0.2, -0.15) is 8.42 Å². The number of aryl methyl sites for hydroxylation is 1. The first-order chi connectivity index (χ1) is 17.2. The van der Waals surface area contributed by atoms with Crippen LogP contribution >= 0.6 is 0 Å². The molecule has 0 aliphatic carbocycles. The summed E-state index contributed by atoms with van der Waals surface area (Å²) in [4.78, 5) is 25.4. The topological polar surface area (TPSA) is 125 Å². The SMILES string of the molecule is Cc1ccc(S(=O)(=O)O[C@H]2CO[C@H](O)[C@H](OC(=O)c3ccccc3)[C@@H]2OC(=O)c2ccccc2)cc1. The van der Waals surface area contributed by atoms with Crippen LogP contribution in [0.5, 0.6) is 0 Å². The van der Waals surface area contributed by atoms with Gasteiger partial charge < -0.3 is 19.3 Å². The molecule has 1 heterocycles. The van der Waals surface area contributed by atoms with Crippen molar-refractivity contribution in [2.24, 2.45) is 0 Å². The summed E-state index contributed by atoms with van der Waals surface area (Å²) in [6.07, 6.45) is -6.19. The van der Waals surface area contributed by atoms with Gasteiger partial charge in [-0.05, 0) is 43.3 Å². The smallest absolute Gasteiger partial charge is 0.338 e. The molecule has 1 fully saturated rings. The molecule has 9 nitrogen and oxygen atoms in total. The number of aliphatic hydroxyl groups is 1. The maximum Gasteiger partial charge on any atom is 0.338 e. The lowest BCUT2D eigenvalue weighted by Gasteiger charge is -2.38. The molecule has 188 valence electrons. The number of aliphatic hydroxyl groups excluding tert-OH is 1. The number of benzene rings is 3. The van der Waals surface area contributed by atoms with Gasteiger partial charge in [-0.3, -0.25) is 4.18 Å². The molecule has 0 spiro atoms. The number of carbonyl (C=O) groups is 2. The molecule has 0 amide bonds. The summed E-state index contributed by atoms with van der Waals surface area (Å²) in [6.45, 7) is 1.36. The third kappa shape index (κ3) is 5.97. The predicted octanol–water partition coefficient (Wildman–Crippen LogP) is 2.87. The number of hydrogen-bond acceptors (Lipinski definition) is 9. The Labute approximate surface area is 208 Å². The molecule has 3 aromatic rings. The monoisotopic (exact) mass is 512 g/mol. The van der Waals surface area contributed by atoms with E-state index in [1.54, 1.807) is 55.5 Å². The van der Waals surface area contributed by atoms with Crippen molar-refractivity contribution in [3.05, 3.63) is 102 Å². The van der Waals surface area contributed by atoms with Crippen molar-refractivity contribution in [2.75, 3.05) is 6.61 Å². The van der Waals surface area contributed by atoms with Crippen LogP contribution in [0.4, 0.5) is 0 Å². The van der Waals surface area contributed by atoms with E-state index in [0.717, 1.165) is 5.56 Å². The lowest BCUT2D eigenvalue weighted by Crippen LogP contribution is -2.57. The van der Waals surface area contributed by atoms with E-state index in [-0.39, 0.29) is 16.0 Å². The molecule has 10 heteroatoms. The number of carbonyl (C=O) groups excluding carboxylic acids is 2. The predicted molar refractivity (Wildman–Crippen MR) is 126 cm³/mol. The van der Waals surface area contributed by atoms with Gasteiger partial charge in [0, 0.05) is 0 Å². The average Bonchev–Trinajstić information content (AvgIpc) is 2.88. The van der Waals surface area contributed by atoms with Crippen LogP contribution in [0.15, 0.2) is 89.8 Å². The highest BCUT2D eigenvalue weighted by molar-refractivity contribution is 7.86. The van der Waals surface area contributed by atoms with Gasteiger partial charge in [-0.25, -0.2) is 9.59 Å². The Balaban J connectivity index is 1.63. The van der Waals surface area contributed by atoms with Gasteiger partial charge in [0.2, 0.25) is 0 Å². The quantitative estimate of drug-likeness (QED) is 0.376. The van der Waals surface area contributed by atoms with Crippen LogP contribution in [0.2, 0.25) is 0 Å². The number of esters is 2. The van der Waals surface area contributed by atoms with Crippen LogP contribution in [-0.2, 0) is 28.5 Å². The van der Waals surface area contributed by atoms with E-state index in [1.165, 1.54) is 36.4 Å². The van der Waals surface area contributed by atoms with Crippen molar-refractivity contribution in [3.63, 3.8) is 0 Å². The molecular formula is C26H24O9S. The maximum absolute atomic E-state index is 13.0. The van der Waals surface area contributed by atoms with E-state index in [4.69, 9.17) is 18.4 Å². The van der Waals surface area contributed by atoms with E-state index >= 15 is 0 Å². The molecule has 4 rings (SSSR count). The van der Waals surface area contributed by atoms with E-state index in [1.807, 2.05) is 0 Å². The van der Waals surface area contributed by atoms with Crippen molar-refractivity contribution in [3.8, 4) is 0 Å². The summed E-state index contributed by atoms with van der Waals surface area (Å²) >= 11 is 0. The number of rotatable bonds is 7. The highest BCUT2D eigenvalue weighted by Gasteiger charge is 2.48. The summed E-state index contributed by atoms with van der Waals surface area (Å²) in [5.41, 5.74) is 1.19. The Kier molecular flexibility index (Phi) is 7.80. The summed E-state index contributed by atoms with van der Waals surface area (Å²) in [6, 6.07) is 21.9. The van der Waals surface area contributed by atoms with Crippen LogP contribution in [0.3, 0.4) is 0 Å². The Hall–Kier alpha value is -3.57. The number of hydrogen-bond donors (Lipinski definition) is 1. The third-order valence-electron chi connectivity index (χ3n) is 5.47. The third-order valence-corrected chi connectivity index (χ3v) is 6.82. The van der Waals surface area contributed by atoms with Gasteiger partial charge in [-0.15, -0.1) is 0 Å². The number of ether oxygens (including phenoxy) is 3. The normalized spacial score (nSPS) is 21.9. The van der Waals surface area contributed by atoms with E-state index in [9.17, 15) is 23.1 Å². The molecule has 1 saturated heterocycles. The minimum Gasteiger partial charge on any atom is -0.452 e. The van der Waals surface area contributed by atoms with Gasteiger partial charge in [0.15, 0.2) is 18.5 Å². The molecule has 1 N–H and O–H groups in total. The Morgan fingerprint density at radius 3 is 1.83 bits per heavy atom. The van der Waals surface area contributed by atoms with Crippen LogP contribution in [0.25, 0.3) is 0 Å². The van der Waals surface area contributed by atoms with Gasteiger partial charge in [0.05, 0.1) is 22.6 Å². The summed E-state index contributed by atoms with van der Waals surface area (Å²) in [7, 11) is -4.32. The van der Waals surface area contributed by atoms with E-state index < -0.39 is 53.3 Å². The van der Waals surface area contributed by atoms with Crippen LogP contribution in [0.1, 0.15) is 26.3 Å². The molecule has 3 aromatic carbocycles. The van der Waals surface area contributed by atoms with E-state index in [2.05, 4.69) is 0 Å². The minimum atomic E-state index is -4.32. The second-order valence-electron chi connectivity index (χ2n) is 8.10. The molecular weight excluding hydrogens is 488 g/mol. The Bertz CT molecular complexity index is 1290. The zero-order valence-corrected chi connectivity index (χ0v) is 20.0. The zero-order chi connectivity index (χ0) is 25.7. The molecule has 0 aromatic heterocycles. The summed E-state index contributed by atoms with van der Waals surface area (Å²) < 4.78 is 47.6. The maximum atomic E-state index is 13.0. The lowest BCUT2D eigenvalue weighted by atomic mass is 10.0. The minimum absolute atomic E-state index is 0.120. The molecule has 36 heavy (non-hydrogen) atoms. The highest BCUT2D eigenvalue weighted by atomic mass is 32.2. The summed E-state index contributed by atoms with van der Waals surface area (Å²) in [5.74, 6) is -1.65. The fraction of sp³-hybridized carbons (Fsp3) is 0.231. The molecule has 0 bridgehead atoms. The first-order valence-electron chi connectivity index (χ1n) is 11.1. The first-order valence-corrected chi connectivity index (χ1v) is 12.5. The molecule has 4 atom stereocenters. The zero-order valence-electron chi connectivity index (χ0n) is 19.2. The van der Waals surface area contributed by atoms with Crippen LogP contribution in [0, 0.1) is 6.92 Å². The molecule has 1 aliphatic heterocycles. The van der Waals surface area contributed by atoms with Crippen LogP contribution < -0.4 is 0 Å². The fourth-order valence-corrected chi connectivity index (χ4v) is 4.63. The van der Waals surface area contributed by atoms with Crippen molar-refractivity contribution in [2.45, 2.75) is 36.4 Å². The van der Waals surface area contributed by atoms with Crippen LogP contribution in [-0.4, -0.2) is 56.7 Å².